The molecule has 1 saturated heterocycles. The summed E-state index contributed by atoms with van der Waals surface area (Å²) in [7, 11) is 0. The third kappa shape index (κ3) is 4.75. The van der Waals surface area contributed by atoms with Crippen LogP contribution in [-0.4, -0.2) is 31.3 Å². The van der Waals surface area contributed by atoms with E-state index in [-0.39, 0.29) is 11.3 Å². The zero-order chi connectivity index (χ0) is 15.0. The lowest BCUT2D eigenvalue weighted by Crippen LogP contribution is -2.50. The van der Waals surface area contributed by atoms with E-state index >= 15 is 0 Å². The number of hydrogen-bond acceptors (Lipinski definition) is 3. The molecule has 21 heavy (non-hydrogen) atoms. The zero-order valence-electron chi connectivity index (χ0n) is 12.9. The summed E-state index contributed by atoms with van der Waals surface area (Å²) in [5.74, 6) is 1.16. The van der Waals surface area contributed by atoms with Crippen molar-refractivity contribution in [3.8, 4) is 0 Å². The van der Waals surface area contributed by atoms with Crippen LogP contribution in [0.3, 0.4) is 0 Å². The van der Waals surface area contributed by atoms with E-state index < -0.39 is 0 Å². The molecule has 0 aliphatic carbocycles. The minimum atomic E-state index is -0.176. The van der Waals surface area contributed by atoms with E-state index in [1.807, 2.05) is 18.2 Å². The lowest BCUT2D eigenvalue weighted by atomic mass is 9.76. The standard InChI is InChI=1S/C17H26N2OS/c1-2-9-17(10-6-11-18-14-17)16(20)19-12-13-21-15-7-4-3-5-8-15/h3-5,7-8,18H,2,6,9-14H2,1H3,(H,19,20). The van der Waals surface area contributed by atoms with E-state index in [1.165, 1.54) is 4.90 Å². The van der Waals surface area contributed by atoms with Gasteiger partial charge in [-0.25, -0.2) is 0 Å². The van der Waals surface area contributed by atoms with Crippen molar-refractivity contribution in [1.82, 2.24) is 10.6 Å². The SMILES string of the molecule is CCCC1(C(=O)NCCSc2ccccc2)CCCNC1. The highest BCUT2D eigenvalue weighted by Crippen LogP contribution is 2.31. The second-order valence-corrected chi connectivity index (χ2v) is 6.90. The van der Waals surface area contributed by atoms with Crippen LogP contribution in [0.15, 0.2) is 35.2 Å². The molecule has 116 valence electrons. The Morgan fingerprint density at radius 2 is 2.19 bits per heavy atom. The maximum Gasteiger partial charge on any atom is 0.227 e. The lowest BCUT2D eigenvalue weighted by molar-refractivity contribution is -0.132. The Hall–Kier alpha value is -1.00. The Kier molecular flexibility index (Phi) is 6.58. The Bertz CT molecular complexity index is 424. The molecule has 0 spiro atoms. The smallest absolute Gasteiger partial charge is 0.227 e. The first-order valence-corrected chi connectivity index (χ1v) is 8.92. The van der Waals surface area contributed by atoms with Gasteiger partial charge in [0.2, 0.25) is 5.91 Å². The van der Waals surface area contributed by atoms with E-state index in [9.17, 15) is 4.79 Å². The molecule has 0 saturated carbocycles. The van der Waals surface area contributed by atoms with Gasteiger partial charge in [0.05, 0.1) is 5.41 Å². The average molecular weight is 306 g/mol. The zero-order valence-corrected chi connectivity index (χ0v) is 13.7. The van der Waals surface area contributed by atoms with Crippen molar-refractivity contribution >= 4 is 17.7 Å². The van der Waals surface area contributed by atoms with Crippen LogP contribution >= 0.6 is 11.8 Å². The number of carbonyl (C=O) groups is 1. The maximum atomic E-state index is 12.6. The largest absolute Gasteiger partial charge is 0.355 e. The Morgan fingerprint density at radius 3 is 2.86 bits per heavy atom. The Morgan fingerprint density at radius 1 is 1.38 bits per heavy atom. The molecule has 2 rings (SSSR count). The van der Waals surface area contributed by atoms with Gasteiger partial charge >= 0.3 is 0 Å². The Labute approximate surface area is 132 Å². The molecule has 1 heterocycles. The molecule has 1 aliphatic heterocycles. The second kappa shape index (κ2) is 8.44. The van der Waals surface area contributed by atoms with Crippen molar-refractivity contribution in [1.29, 1.82) is 0 Å². The van der Waals surface area contributed by atoms with Gasteiger partial charge in [-0.2, -0.15) is 0 Å². The summed E-state index contributed by atoms with van der Waals surface area (Å²) in [5.41, 5.74) is -0.176. The first-order valence-electron chi connectivity index (χ1n) is 7.94. The van der Waals surface area contributed by atoms with Gasteiger partial charge in [0.1, 0.15) is 0 Å². The highest BCUT2D eigenvalue weighted by atomic mass is 32.2. The normalized spacial score (nSPS) is 22.0. The molecule has 1 aromatic rings. The molecular formula is C17H26N2OS. The molecule has 1 atom stereocenters. The van der Waals surface area contributed by atoms with E-state index in [4.69, 9.17) is 0 Å². The Balaban J connectivity index is 1.77. The fourth-order valence-electron chi connectivity index (χ4n) is 3.00. The highest BCUT2D eigenvalue weighted by molar-refractivity contribution is 7.99. The summed E-state index contributed by atoms with van der Waals surface area (Å²) in [4.78, 5) is 13.8. The fraction of sp³-hybridized carbons (Fsp3) is 0.588. The third-order valence-corrected chi connectivity index (χ3v) is 5.10. The highest BCUT2D eigenvalue weighted by Gasteiger charge is 2.38. The van der Waals surface area contributed by atoms with Crippen LogP contribution in [0.25, 0.3) is 0 Å². The monoisotopic (exact) mass is 306 g/mol. The van der Waals surface area contributed by atoms with Crippen LogP contribution in [0.1, 0.15) is 32.6 Å². The van der Waals surface area contributed by atoms with Crippen molar-refractivity contribution < 1.29 is 4.79 Å². The molecule has 1 aromatic carbocycles. The molecule has 1 fully saturated rings. The number of rotatable bonds is 7. The summed E-state index contributed by atoms with van der Waals surface area (Å²) in [6.45, 7) is 4.78. The van der Waals surface area contributed by atoms with Gasteiger partial charge in [0, 0.05) is 23.7 Å². The molecule has 4 heteroatoms. The first-order chi connectivity index (χ1) is 10.3. The van der Waals surface area contributed by atoms with Crippen molar-refractivity contribution in [3.63, 3.8) is 0 Å². The second-order valence-electron chi connectivity index (χ2n) is 5.73. The first kappa shape index (κ1) is 16.4. The van der Waals surface area contributed by atoms with Gasteiger partial charge in [0.15, 0.2) is 0 Å². The number of amides is 1. The van der Waals surface area contributed by atoms with Crippen molar-refractivity contribution in [2.45, 2.75) is 37.5 Å². The van der Waals surface area contributed by atoms with Crippen molar-refractivity contribution in [2.24, 2.45) is 5.41 Å². The minimum Gasteiger partial charge on any atom is -0.355 e. The van der Waals surface area contributed by atoms with E-state index in [0.29, 0.717) is 0 Å². The van der Waals surface area contributed by atoms with Gasteiger partial charge in [-0.3, -0.25) is 4.79 Å². The number of carbonyl (C=O) groups excluding carboxylic acids is 1. The van der Waals surface area contributed by atoms with Crippen molar-refractivity contribution in [2.75, 3.05) is 25.4 Å². The van der Waals surface area contributed by atoms with E-state index in [0.717, 1.165) is 51.1 Å². The van der Waals surface area contributed by atoms with Crippen molar-refractivity contribution in [3.05, 3.63) is 30.3 Å². The number of hydrogen-bond donors (Lipinski definition) is 2. The van der Waals surface area contributed by atoms with Crippen LogP contribution in [0.5, 0.6) is 0 Å². The molecule has 0 aromatic heterocycles. The van der Waals surface area contributed by atoms with Crippen LogP contribution in [0, 0.1) is 5.41 Å². The summed E-state index contributed by atoms with van der Waals surface area (Å²) in [5, 5.41) is 6.54. The van der Waals surface area contributed by atoms with Gasteiger partial charge in [0.25, 0.3) is 0 Å². The molecule has 1 aliphatic rings. The molecule has 3 nitrogen and oxygen atoms in total. The topological polar surface area (TPSA) is 41.1 Å². The fourth-order valence-corrected chi connectivity index (χ4v) is 3.79. The van der Waals surface area contributed by atoms with E-state index in [2.05, 4.69) is 29.7 Å². The number of thioether (sulfide) groups is 1. The van der Waals surface area contributed by atoms with E-state index in [1.54, 1.807) is 11.8 Å². The van der Waals surface area contributed by atoms with Gasteiger partial charge in [-0.05, 0) is 37.9 Å². The number of piperidine rings is 1. The summed E-state index contributed by atoms with van der Waals surface area (Å²) in [6.07, 6.45) is 4.17. The quantitative estimate of drug-likeness (QED) is 0.601. The third-order valence-electron chi connectivity index (χ3n) is 4.08. The molecule has 1 unspecified atom stereocenters. The molecule has 1 amide bonds. The van der Waals surface area contributed by atoms with Crippen LogP contribution in [-0.2, 0) is 4.79 Å². The van der Waals surface area contributed by atoms with Crippen LogP contribution in [0.2, 0.25) is 0 Å². The summed E-state index contributed by atoms with van der Waals surface area (Å²) >= 11 is 1.79. The minimum absolute atomic E-state index is 0.176. The van der Waals surface area contributed by atoms with Gasteiger partial charge in [-0.1, -0.05) is 31.5 Å². The molecule has 2 N–H and O–H groups in total. The maximum absolute atomic E-state index is 12.6. The molecule has 0 radical (unpaired) electrons. The number of benzene rings is 1. The average Bonchev–Trinajstić information content (AvgIpc) is 2.53. The van der Waals surface area contributed by atoms with Gasteiger partial charge < -0.3 is 10.6 Å². The molecular weight excluding hydrogens is 280 g/mol. The molecule has 0 bridgehead atoms. The lowest BCUT2D eigenvalue weighted by Gasteiger charge is -2.36. The summed E-state index contributed by atoms with van der Waals surface area (Å²) < 4.78 is 0. The number of nitrogens with one attached hydrogen (secondary N) is 2. The summed E-state index contributed by atoms with van der Waals surface area (Å²) in [6, 6.07) is 10.3. The predicted molar refractivity (Wildman–Crippen MR) is 89.6 cm³/mol. The van der Waals surface area contributed by atoms with Gasteiger partial charge in [-0.15, -0.1) is 11.8 Å². The van der Waals surface area contributed by atoms with Crippen LogP contribution < -0.4 is 10.6 Å². The predicted octanol–water partition coefficient (Wildman–Crippen LogP) is 3.06. The van der Waals surface area contributed by atoms with Crippen LogP contribution in [0.4, 0.5) is 0 Å².